The molecular weight excluding hydrogens is 256 g/mol. The first kappa shape index (κ1) is 17.0. The molecule has 0 aromatic rings. The summed E-state index contributed by atoms with van der Waals surface area (Å²) in [5.74, 6) is -0.282. The van der Waals surface area contributed by atoms with Gasteiger partial charge in [0, 0.05) is 20.6 Å². The number of hydrogen-bond donors (Lipinski definition) is 0. The molecule has 0 amide bonds. The lowest BCUT2D eigenvalue weighted by Crippen LogP contribution is -2.48. The summed E-state index contributed by atoms with van der Waals surface area (Å²) in [5.41, 5.74) is -0.140. The number of methoxy groups -OCH3 is 1. The molecule has 1 heterocycles. The number of hydrogen-bond acceptors (Lipinski definition) is 5. The Morgan fingerprint density at radius 2 is 2.15 bits per heavy atom. The van der Waals surface area contributed by atoms with E-state index in [-0.39, 0.29) is 17.7 Å². The van der Waals surface area contributed by atoms with Crippen LogP contribution >= 0.6 is 0 Å². The van der Waals surface area contributed by atoms with Crippen LogP contribution in [0.2, 0.25) is 0 Å². The van der Waals surface area contributed by atoms with Gasteiger partial charge in [0.1, 0.15) is 6.10 Å². The molecule has 1 fully saturated rings. The summed E-state index contributed by atoms with van der Waals surface area (Å²) in [7, 11) is 1.79. The molecule has 0 aromatic heterocycles. The maximum atomic E-state index is 10.9. The van der Waals surface area contributed by atoms with Crippen molar-refractivity contribution in [2.45, 2.75) is 71.1 Å². The van der Waals surface area contributed by atoms with Gasteiger partial charge in [-0.25, -0.2) is 0 Å². The molecule has 0 saturated carbocycles. The first-order chi connectivity index (χ1) is 9.49. The highest BCUT2D eigenvalue weighted by Gasteiger charge is 2.41. The van der Waals surface area contributed by atoms with Crippen LogP contribution in [-0.4, -0.2) is 48.6 Å². The van der Waals surface area contributed by atoms with E-state index >= 15 is 0 Å². The maximum absolute atomic E-state index is 10.9. The monoisotopic (exact) mass is 284 g/mol. The molecule has 0 bridgehead atoms. The molecule has 20 heavy (non-hydrogen) atoms. The van der Waals surface area contributed by atoms with E-state index in [4.69, 9.17) is 9.47 Å². The molecule has 0 spiro atoms. The van der Waals surface area contributed by atoms with Gasteiger partial charge in [0.25, 0.3) is 0 Å². The Hall–Kier alpha value is -1.10. The summed E-state index contributed by atoms with van der Waals surface area (Å²) >= 11 is 0. The molecule has 116 valence electrons. The van der Waals surface area contributed by atoms with Crippen molar-refractivity contribution in [3.8, 4) is 0 Å². The molecular formula is C15H28N2O3. The third-order valence-corrected chi connectivity index (χ3v) is 4.21. The van der Waals surface area contributed by atoms with E-state index in [1.165, 1.54) is 6.92 Å². The second kappa shape index (κ2) is 7.62. The molecule has 1 rings (SSSR count). The van der Waals surface area contributed by atoms with Gasteiger partial charge in [-0.2, -0.15) is 5.10 Å². The van der Waals surface area contributed by atoms with Crippen LogP contribution < -0.4 is 0 Å². The fraction of sp³-hybridized carbons (Fsp3) is 0.867. The minimum absolute atomic E-state index is 0.140. The first-order valence-corrected chi connectivity index (χ1v) is 7.52. The first-order valence-electron chi connectivity index (χ1n) is 7.52. The average molecular weight is 284 g/mol. The van der Waals surface area contributed by atoms with Gasteiger partial charge in [0.05, 0.1) is 17.9 Å². The standard InChI is InChI=1S/C15H28N2O3/c1-6-15(7-2,19-5)14-9-8-10-17(14)16-11-12(3)20-13(4)18/h11-12,14H,6-10H2,1-5H3/b16-11+/t12?,14-/m0/s1. The molecule has 0 aromatic carbocycles. The minimum Gasteiger partial charge on any atom is -0.457 e. The number of rotatable bonds is 7. The molecule has 0 aliphatic carbocycles. The molecule has 1 aliphatic heterocycles. The zero-order valence-electron chi connectivity index (χ0n) is 13.4. The number of carbonyl (C=O) groups excluding carboxylic acids is 1. The van der Waals surface area contributed by atoms with Crippen LogP contribution in [0.5, 0.6) is 0 Å². The second-order valence-corrected chi connectivity index (χ2v) is 5.38. The molecule has 5 heteroatoms. The van der Waals surface area contributed by atoms with Crippen LogP contribution in [0.4, 0.5) is 0 Å². The zero-order valence-corrected chi connectivity index (χ0v) is 13.4. The molecule has 1 unspecified atom stereocenters. The van der Waals surface area contributed by atoms with Crippen molar-refractivity contribution in [3.63, 3.8) is 0 Å². The van der Waals surface area contributed by atoms with Gasteiger partial charge >= 0.3 is 5.97 Å². The van der Waals surface area contributed by atoms with Gasteiger partial charge in [0.2, 0.25) is 0 Å². The lowest BCUT2D eigenvalue weighted by Gasteiger charge is -2.40. The molecule has 5 nitrogen and oxygen atoms in total. The number of esters is 1. The highest BCUT2D eigenvalue weighted by molar-refractivity contribution is 5.71. The van der Waals surface area contributed by atoms with Crippen LogP contribution in [0.1, 0.15) is 53.4 Å². The Morgan fingerprint density at radius 1 is 1.50 bits per heavy atom. The fourth-order valence-corrected chi connectivity index (χ4v) is 3.04. The average Bonchev–Trinajstić information content (AvgIpc) is 2.88. The van der Waals surface area contributed by atoms with Crippen molar-refractivity contribution < 1.29 is 14.3 Å². The van der Waals surface area contributed by atoms with Crippen LogP contribution in [0.15, 0.2) is 5.10 Å². The summed E-state index contributed by atoms with van der Waals surface area (Å²) in [4.78, 5) is 10.9. The van der Waals surface area contributed by atoms with Gasteiger partial charge in [-0.1, -0.05) is 13.8 Å². The van der Waals surface area contributed by atoms with Crippen LogP contribution in [0.25, 0.3) is 0 Å². The van der Waals surface area contributed by atoms with E-state index in [1.807, 2.05) is 6.92 Å². The predicted molar refractivity (Wildman–Crippen MR) is 79.8 cm³/mol. The summed E-state index contributed by atoms with van der Waals surface area (Å²) in [6.45, 7) is 8.48. The third kappa shape index (κ3) is 3.95. The quantitative estimate of drug-likeness (QED) is 0.532. The Morgan fingerprint density at radius 3 is 2.65 bits per heavy atom. The topological polar surface area (TPSA) is 51.1 Å². The van der Waals surface area contributed by atoms with Gasteiger partial charge in [-0.05, 0) is 32.6 Å². The zero-order chi connectivity index (χ0) is 15.2. The Bertz CT molecular complexity index is 332. The molecule has 1 saturated heterocycles. The minimum atomic E-state index is -0.297. The summed E-state index contributed by atoms with van der Waals surface area (Å²) in [6.07, 6.45) is 5.55. The SMILES string of the molecule is CCC(CC)(OC)[C@@H]1CCCN1/N=C/C(C)OC(C)=O. The van der Waals surface area contributed by atoms with Crippen molar-refractivity contribution in [1.82, 2.24) is 5.01 Å². The van der Waals surface area contributed by atoms with Crippen molar-refractivity contribution in [1.29, 1.82) is 0 Å². The lowest BCUT2D eigenvalue weighted by molar-refractivity contribution is -0.142. The Kier molecular flexibility index (Phi) is 6.46. The number of nitrogens with zero attached hydrogens (tertiary/aromatic N) is 2. The highest BCUT2D eigenvalue weighted by atomic mass is 16.5. The van der Waals surface area contributed by atoms with Crippen molar-refractivity contribution >= 4 is 12.2 Å². The van der Waals surface area contributed by atoms with Crippen molar-refractivity contribution in [2.75, 3.05) is 13.7 Å². The second-order valence-electron chi connectivity index (χ2n) is 5.38. The third-order valence-electron chi connectivity index (χ3n) is 4.21. The van der Waals surface area contributed by atoms with E-state index in [0.717, 1.165) is 32.2 Å². The Labute approximate surface area is 122 Å². The number of hydrazone groups is 1. The normalized spacial score (nSPS) is 21.4. The van der Waals surface area contributed by atoms with Gasteiger partial charge < -0.3 is 9.47 Å². The largest absolute Gasteiger partial charge is 0.457 e. The molecule has 1 aliphatic rings. The van der Waals surface area contributed by atoms with E-state index in [9.17, 15) is 4.79 Å². The highest BCUT2D eigenvalue weighted by Crippen LogP contribution is 2.34. The predicted octanol–water partition coefficient (Wildman–Crippen LogP) is 2.59. The summed E-state index contributed by atoms with van der Waals surface area (Å²) in [6, 6.07) is 0.295. The van der Waals surface area contributed by atoms with E-state index in [2.05, 4.69) is 24.0 Å². The Balaban J connectivity index is 2.74. The van der Waals surface area contributed by atoms with E-state index < -0.39 is 0 Å². The smallest absolute Gasteiger partial charge is 0.303 e. The van der Waals surface area contributed by atoms with E-state index in [0.29, 0.717) is 6.04 Å². The number of carbonyl (C=O) groups is 1. The molecule has 0 N–H and O–H groups in total. The molecule has 0 radical (unpaired) electrons. The van der Waals surface area contributed by atoms with Crippen LogP contribution in [0, 0.1) is 0 Å². The fourth-order valence-electron chi connectivity index (χ4n) is 3.04. The number of ether oxygens (including phenoxy) is 2. The van der Waals surface area contributed by atoms with Crippen LogP contribution in [-0.2, 0) is 14.3 Å². The van der Waals surface area contributed by atoms with Crippen LogP contribution in [0.3, 0.4) is 0 Å². The lowest BCUT2D eigenvalue weighted by atomic mass is 9.87. The summed E-state index contributed by atoms with van der Waals surface area (Å²) < 4.78 is 10.9. The molecule has 2 atom stereocenters. The van der Waals surface area contributed by atoms with Gasteiger partial charge in [-0.15, -0.1) is 0 Å². The van der Waals surface area contributed by atoms with Crippen molar-refractivity contribution in [2.24, 2.45) is 5.10 Å². The van der Waals surface area contributed by atoms with E-state index in [1.54, 1.807) is 13.3 Å². The maximum Gasteiger partial charge on any atom is 0.303 e. The summed E-state index contributed by atoms with van der Waals surface area (Å²) in [5, 5.41) is 6.61. The van der Waals surface area contributed by atoms with Gasteiger partial charge in [-0.3, -0.25) is 9.80 Å². The van der Waals surface area contributed by atoms with Gasteiger partial charge in [0.15, 0.2) is 0 Å². The van der Waals surface area contributed by atoms with Crippen molar-refractivity contribution in [3.05, 3.63) is 0 Å².